The van der Waals surface area contributed by atoms with Gasteiger partial charge in [-0.25, -0.2) is 19.6 Å². The Balaban J connectivity index is 1.53. The number of nitrogens with zero attached hydrogens (tertiary/aromatic N) is 8. The van der Waals surface area contributed by atoms with Crippen LogP contribution in [0.3, 0.4) is 0 Å². The van der Waals surface area contributed by atoms with Gasteiger partial charge in [0.25, 0.3) is 0 Å². The van der Waals surface area contributed by atoms with Gasteiger partial charge in [0.15, 0.2) is 5.82 Å². The van der Waals surface area contributed by atoms with Crippen LogP contribution >= 0.6 is 0 Å². The molecule has 12 heteroatoms. The summed E-state index contributed by atoms with van der Waals surface area (Å²) in [7, 11) is 5.92. The number of fused-ring (bicyclic) bond motifs is 6. The van der Waals surface area contributed by atoms with Gasteiger partial charge in [-0.1, -0.05) is 6.92 Å². The third-order valence-electron chi connectivity index (χ3n) is 6.23. The fourth-order valence-electron chi connectivity index (χ4n) is 4.15. The molecule has 4 aromatic rings. The minimum Gasteiger partial charge on any atom is -0.490 e. The molecule has 5 heterocycles. The molecule has 0 fully saturated rings. The van der Waals surface area contributed by atoms with Crippen LogP contribution in [0.1, 0.15) is 26.7 Å². The quantitative estimate of drug-likeness (QED) is 0.376. The van der Waals surface area contributed by atoms with Gasteiger partial charge in [-0.2, -0.15) is 5.10 Å². The normalized spacial score (nSPS) is 15.1. The van der Waals surface area contributed by atoms with Crippen LogP contribution in [0.15, 0.2) is 36.9 Å². The SMILES string of the molecule is CCCOc1nn(CCN(C)C)cc1-c1cnc2cc1O[C@@H](C)CCOc1c(cnn1C)-c1nccc(n1)N2. The first-order chi connectivity index (χ1) is 18.9. The van der Waals surface area contributed by atoms with Gasteiger partial charge in [-0.15, -0.1) is 5.10 Å². The molecule has 5 rings (SSSR count). The molecule has 4 aromatic heterocycles. The lowest BCUT2D eigenvalue weighted by Crippen LogP contribution is -2.18. The van der Waals surface area contributed by atoms with Gasteiger partial charge in [0, 0.05) is 50.2 Å². The fourth-order valence-corrected chi connectivity index (χ4v) is 4.15. The number of ether oxygens (including phenoxy) is 3. The van der Waals surface area contributed by atoms with E-state index in [1.807, 2.05) is 45.0 Å². The third kappa shape index (κ3) is 6.11. The predicted octanol–water partition coefficient (Wildman–Crippen LogP) is 3.78. The highest BCUT2D eigenvalue weighted by atomic mass is 16.5. The molecular weight excluding hydrogens is 498 g/mol. The summed E-state index contributed by atoms with van der Waals surface area (Å²) in [4.78, 5) is 15.9. The average Bonchev–Trinajstić information content (AvgIpc) is 3.49. The molecule has 0 spiro atoms. The van der Waals surface area contributed by atoms with Gasteiger partial charge in [0.05, 0.1) is 37.6 Å². The Labute approximate surface area is 227 Å². The monoisotopic (exact) mass is 533 g/mol. The number of aromatic nitrogens is 7. The Hall–Kier alpha value is -4.19. The second-order valence-corrected chi connectivity index (χ2v) is 9.77. The summed E-state index contributed by atoms with van der Waals surface area (Å²) in [6.07, 6.45) is 8.58. The second-order valence-electron chi connectivity index (χ2n) is 9.77. The summed E-state index contributed by atoms with van der Waals surface area (Å²) in [6, 6.07) is 3.67. The van der Waals surface area contributed by atoms with Crippen molar-refractivity contribution in [3.05, 3.63) is 36.9 Å². The van der Waals surface area contributed by atoms with Gasteiger partial charge in [-0.3, -0.25) is 4.68 Å². The zero-order valence-electron chi connectivity index (χ0n) is 23.1. The van der Waals surface area contributed by atoms with Crippen molar-refractivity contribution in [1.29, 1.82) is 0 Å². The number of pyridine rings is 1. The molecule has 1 aliphatic rings. The van der Waals surface area contributed by atoms with E-state index >= 15 is 0 Å². The number of anilines is 2. The van der Waals surface area contributed by atoms with Crippen molar-refractivity contribution in [3.8, 4) is 40.0 Å². The van der Waals surface area contributed by atoms with E-state index < -0.39 is 0 Å². The van der Waals surface area contributed by atoms with E-state index in [0.717, 1.165) is 36.2 Å². The zero-order valence-corrected chi connectivity index (χ0v) is 23.1. The maximum Gasteiger partial charge on any atom is 0.240 e. The smallest absolute Gasteiger partial charge is 0.240 e. The van der Waals surface area contributed by atoms with E-state index in [9.17, 15) is 0 Å². The molecule has 0 aromatic carbocycles. The van der Waals surface area contributed by atoms with Gasteiger partial charge in [0.1, 0.15) is 22.9 Å². The van der Waals surface area contributed by atoms with Crippen molar-refractivity contribution in [2.75, 3.05) is 39.2 Å². The molecule has 0 aliphatic carbocycles. The number of rotatable bonds is 7. The second kappa shape index (κ2) is 11.7. The highest BCUT2D eigenvalue weighted by Crippen LogP contribution is 2.38. The summed E-state index contributed by atoms with van der Waals surface area (Å²) in [5.74, 6) is 3.55. The van der Waals surface area contributed by atoms with Gasteiger partial charge in [-0.05, 0) is 33.5 Å². The average molecular weight is 534 g/mol. The number of nitrogens with one attached hydrogen (secondary N) is 1. The van der Waals surface area contributed by atoms with Crippen LogP contribution < -0.4 is 19.5 Å². The van der Waals surface area contributed by atoms with Crippen LogP contribution in [-0.2, 0) is 13.6 Å². The van der Waals surface area contributed by atoms with Crippen LogP contribution in [0.2, 0.25) is 0 Å². The van der Waals surface area contributed by atoms with E-state index in [-0.39, 0.29) is 6.10 Å². The van der Waals surface area contributed by atoms with E-state index in [4.69, 9.17) is 24.3 Å². The summed E-state index contributed by atoms with van der Waals surface area (Å²) in [5.41, 5.74) is 2.37. The first-order valence-electron chi connectivity index (χ1n) is 13.2. The number of hydrogen-bond donors (Lipinski definition) is 1. The minimum atomic E-state index is -0.142. The topological polar surface area (TPSA) is 117 Å². The Kier molecular flexibility index (Phi) is 7.92. The lowest BCUT2D eigenvalue weighted by Gasteiger charge is -2.19. The minimum absolute atomic E-state index is 0.142. The molecule has 39 heavy (non-hydrogen) atoms. The molecule has 0 unspecified atom stereocenters. The summed E-state index contributed by atoms with van der Waals surface area (Å²) >= 11 is 0. The van der Waals surface area contributed by atoms with Gasteiger partial charge < -0.3 is 24.4 Å². The summed E-state index contributed by atoms with van der Waals surface area (Å²) < 4.78 is 22.3. The van der Waals surface area contributed by atoms with Crippen molar-refractivity contribution in [3.63, 3.8) is 0 Å². The third-order valence-corrected chi connectivity index (χ3v) is 6.23. The van der Waals surface area contributed by atoms with Gasteiger partial charge >= 0.3 is 0 Å². The van der Waals surface area contributed by atoms with E-state index in [2.05, 4.69) is 32.2 Å². The number of likely N-dealkylation sites (N-methyl/N-ethyl adjacent to an activating group) is 1. The molecule has 12 nitrogen and oxygen atoms in total. The number of hydrogen-bond acceptors (Lipinski definition) is 10. The van der Waals surface area contributed by atoms with E-state index in [1.165, 1.54) is 0 Å². The van der Waals surface area contributed by atoms with Crippen LogP contribution in [0.25, 0.3) is 22.5 Å². The molecular formula is C27H35N9O3. The van der Waals surface area contributed by atoms with Crippen LogP contribution in [0.5, 0.6) is 17.5 Å². The lowest BCUT2D eigenvalue weighted by atomic mass is 10.1. The molecule has 4 bridgehead atoms. The first-order valence-corrected chi connectivity index (χ1v) is 13.2. The van der Waals surface area contributed by atoms with Gasteiger partial charge in [0.2, 0.25) is 11.8 Å². The maximum atomic E-state index is 6.49. The zero-order chi connectivity index (χ0) is 27.4. The molecule has 206 valence electrons. The molecule has 0 radical (unpaired) electrons. The summed E-state index contributed by atoms with van der Waals surface area (Å²) in [6.45, 7) is 6.70. The Morgan fingerprint density at radius 2 is 2.03 bits per heavy atom. The predicted molar refractivity (Wildman–Crippen MR) is 148 cm³/mol. The Morgan fingerprint density at radius 3 is 2.85 bits per heavy atom. The van der Waals surface area contributed by atoms with Crippen molar-refractivity contribution in [2.45, 2.75) is 39.3 Å². The highest BCUT2D eigenvalue weighted by molar-refractivity contribution is 5.75. The first kappa shape index (κ1) is 26.4. The van der Waals surface area contributed by atoms with Crippen molar-refractivity contribution in [2.24, 2.45) is 7.05 Å². The van der Waals surface area contributed by atoms with E-state index in [0.29, 0.717) is 54.6 Å². The fraction of sp³-hybridized carbons (Fsp3) is 0.444. The van der Waals surface area contributed by atoms with Crippen molar-refractivity contribution in [1.82, 2.24) is 39.4 Å². The Bertz CT molecular complexity index is 1420. The van der Waals surface area contributed by atoms with Crippen LogP contribution in [0, 0.1) is 0 Å². The maximum absolute atomic E-state index is 6.49. The molecule has 1 atom stereocenters. The molecule has 0 saturated heterocycles. The van der Waals surface area contributed by atoms with Crippen molar-refractivity contribution < 1.29 is 14.2 Å². The van der Waals surface area contributed by atoms with Crippen LogP contribution in [0.4, 0.5) is 11.6 Å². The molecule has 1 aliphatic heterocycles. The number of aryl methyl sites for hydroxylation is 1. The largest absolute Gasteiger partial charge is 0.490 e. The Morgan fingerprint density at radius 1 is 1.15 bits per heavy atom. The standard InChI is InChI=1S/C27H35N9O3/c1-6-12-37-26-21(17-36(33-26)11-10-34(3)4)19-15-29-24-14-22(19)39-18(2)8-13-38-27-20(16-30-35(27)5)25-28-9-7-23(31-24)32-25/h7,9,14-18H,6,8,10-13H2,1-5H3,(H,28,29,31,32)/t18-/m0/s1. The highest BCUT2D eigenvalue weighted by Gasteiger charge is 2.21. The lowest BCUT2D eigenvalue weighted by molar-refractivity contribution is 0.173. The van der Waals surface area contributed by atoms with E-state index in [1.54, 1.807) is 29.3 Å². The molecule has 0 saturated carbocycles. The van der Waals surface area contributed by atoms with Crippen LogP contribution in [-0.4, -0.2) is 79.4 Å². The molecule has 1 N–H and O–H groups in total. The van der Waals surface area contributed by atoms with Crippen molar-refractivity contribution >= 4 is 11.6 Å². The summed E-state index contributed by atoms with van der Waals surface area (Å²) in [5, 5.41) is 12.4. The molecule has 0 amide bonds.